The van der Waals surface area contributed by atoms with Crippen molar-refractivity contribution in [3.05, 3.63) is 64.2 Å². The van der Waals surface area contributed by atoms with Crippen molar-refractivity contribution in [2.75, 3.05) is 39.3 Å². The molecule has 2 aromatic rings. The molecule has 9 heteroatoms. The van der Waals surface area contributed by atoms with E-state index in [1.54, 1.807) is 0 Å². The van der Waals surface area contributed by atoms with Crippen LogP contribution in [0.15, 0.2) is 53.4 Å². The minimum absolute atomic E-state index is 0.0781. The van der Waals surface area contributed by atoms with Crippen molar-refractivity contribution in [2.45, 2.75) is 11.8 Å². The van der Waals surface area contributed by atoms with E-state index >= 15 is 0 Å². The lowest BCUT2D eigenvalue weighted by molar-refractivity contribution is -0.384. The standard InChI is InChI=1S/C19H23N3O5S/c1-16-3-2-4-18(15-16)27-14-13-20-9-11-21(12-10-20)28(25,26)19-7-5-17(6-8-19)22(23)24/h2-8,15H,9-14H2,1H3. The number of hydrogen-bond donors (Lipinski definition) is 0. The van der Waals surface area contributed by atoms with Crippen LogP contribution >= 0.6 is 0 Å². The first-order valence-electron chi connectivity index (χ1n) is 9.03. The Morgan fingerprint density at radius 3 is 2.36 bits per heavy atom. The van der Waals surface area contributed by atoms with E-state index in [2.05, 4.69) is 4.90 Å². The molecule has 0 atom stereocenters. The monoisotopic (exact) mass is 405 g/mol. The van der Waals surface area contributed by atoms with Crippen LogP contribution < -0.4 is 4.74 Å². The molecule has 0 aliphatic carbocycles. The van der Waals surface area contributed by atoms with E-state index in [1.165, 1.54) is 28.6 Å². The molecular formula is C19H23N3O5S. The average Bonchev–Trinajstić information content (AvgIpc) is 2.68. The third-order valence-corrected chi connectivity index (χ3v) is 6.60. The lowest BCUT2D eigenvalue weighted by atomic mass is 10.2. The molecule has 1 saturated heterocycles. The zero-order valence-electron chi connectivity index (χ0n) is 15.7. The second kappa shape index (κ2) is 8.68. The Morgan fingerprint density at radius 1 is 1.07 bits per heavy atom. The number of rotatable bonds is 7. The van der Waals surface area contributed by atoms with Gasteiger partial charge in [0, 0.05) is 44.9 Å². The molecule has 150 valence electrons. The van der Waals surface area contributed by atoms with Gasteiger partial charge in [-0.05, 0) is 36.8 Å². The van der Waals surface area contributed by atoms with Crippen LogP contribution in [0.5, 0.6) is 5.75 Å². The van der Waals surface area contributed by atoms with Crippen molar-refractivity contribution in [2.24, 2.45) is 0 Å². The smallest absolute Gasteiger partial charge is 0.269 e. The highest BCUT2D eigenvalue weighted by molar-refractivity contribution is 7.89. The third kappa shape index (κ3) is 4.86. The summed E-state index contributed by atoms with van der Waals surface area (Å²) in [6.07, 6.45) is 0. The quantitative estimate of drug-likeness (QED) is 0.518. The van der Waals surface area contributed by atoms with Gasteiger partial charge in [0.25, 0.3) is 5.69 Å². The summed E-state index contributed by atoms with van der Waals surface area (Å²) in [7, 11) is -3.64. The van der Waals surface area contributed by atoms with E-state index in [0.29, 0.717) is 32.8 Å². The summed E-state index contributed by atoms with van der Waals surface area (Å²) in [6, 6.07) is 12.9. The molecule has 0 N–H and O–H groups in total. The highest BCUT2D eigenvalue weighted by Crippen LogP contribution is 2.21. The minimum atomic E-state index is -3.64. The van der Waals surface area contributed by atoms with Crippen molar-refractivity contribution in [1.82, 2.24) is 9.21 Å². The second-order valence-electron chi connectivity index (χ2n) is 6.66. The van der Waals surface area contributed by atoms with Crippen LogP contribution in [0.4, 0.5) is 5.69 Å². The molecule has 1 aliphatic heterocycles. The number of aryl methyl sites for hydroxylation is 1. The van der Waals surface area contributed by atoms with Gasteiger partial charge in [0.2, 0.25) is 10.0 Å². The summed E-state index contributed by atoms with van der Waals surface area (Å²) < 4.78 is 32.6. The fourth-order valence-corrected chi connectivity index (χ4v) is 4.50. The molecule has 1 fully saturated rings. The number of nitro benzene ring substituents is 1. The van der Waals surface area contributed by atoms with Gasteiger partial charge < -0.3 is 4.74 Å². The highest BCUT2D eigenvalue weighted by atomic mass is 32.2. The number of hydrogen-bond acceptors (Lipinski definition) is 6. The summed E-state index contributed by atoms with van der Waals surface area (Å²) in [6.45, 7) is 5.26. The van der Waals surface area contributed by atoms with Gasteiger partial charge in [-0.2, -0.15) is 4.31 Å². The topological polar surface area (TPSA) is 93.0 Å². The van der Waals surface area contributed by atoms with Gasteiger partial charge in [-0.1, -0.05) is 12.1 Å². The lowest BCUT2D eigenvalue weighted by Crippen LogP contribution is -2.49. The van der Waals surface area contributed by atoms with Gasteiger partial charge in [0.05, 0.1) is 9.82 Å². The highest BCUT2D eigenvalue weighted by Gasteiger charge is 2.28. The Morgan fingerprint density at radius 2 is 1.75 bits per heavy atom. The van der Waals surface area contributed by atoms with Crippen molar-refractivity contribution < 1.29 is 18.1 Å². The van der Waals surface area contributed by atoms with Gasteiger partial charge in [-0.15, -0.1) is 0 Å². The molecule has 1 aliphatic rings. The van der Waals surface area contributed by atoms with Gasteiger partial charge in [-0.3, -0.25) is 15.0 Å². The fraction of sp³-hybridized carbons (Fsp3) is 0.368. The molecule has 2 aromatic carbocycles. The maximum absolute atomic E-state index is 12.7. The van der Waals surface area contributed by atoms with E-state index < -0.39 is 14.9 Å². The number of piperazine rings is 1. The van der Waals surface area contributed by atoms with Gasteiger partial charge in [0.15, 0.2) is 0 Å². The molecule has 1 heterocycles. The van der Waals surface area contributed by atoms with Gasteiger partial charge in [-0.25, -0.2) is 8.42 Å². The van der Waals surface area contributed by atoms with Crippen LogP contribution in [-0.2, 0) is 10.0 Å². The first-order valence-corrected chi connectivity index (χ1v) is 10.5. The third-order valence-electron chi connectivity index (χ3n) is 4.68. The number of non-ortho nitro benzene ring substituents is 1. The van der Waals surface area contributed by atoms with E-state index in [-0.39, 0.29) is 10.6 Å². The summed E-state index contributed by atoms with van der Waals surface area (Å²) >= 11 is 0. The second-order valence-corrected chi connectivity index (χ2v) is 8.60. The molecule has 0 bridgehead atoms. The molecule has 0 radical (unpaired) electrons. The van der Waals surface area contributed by atoms with Crippen LogP contribution in [0.2, 0.25) is 0 Å². The molecule has 0 saturated carbocycles. The maximum Gasteiger partial charge on any atom is 0.269 e. The van der Waals surface area contributed by atoms with E-state index in [0.717, 1.165) is 17.9 Å². The fourth-order valence-electron chi connectivity index (χ4n) is 3.08. The Labute approximate surface area is 164 Å². The minimum Gasteiger partial charge on any atom is -0.492 e. The van der Waals surface area contributed by atoms with Crippen LogP contribution in [0, 0.1) is 17.0 Å². The zero-order valence-corrected chi connectivity index (χ0v) is 16.5. The van der Waals surface area contributed by atoms with Crippen LogP contribution in [-0.4, -0.2) is 61.9 Å². The van der Waals surface area contributed by atoms with E-state index in [4.69, 9.17) is 4.74 Å². The number of sulfonamides is 1. The van der Waals surface area contributed by atoms with Crippen LogP contribution in [0.1, 0.15) is 5.56 Å². The summed E-state index contributed by atoms with van der Waals surface area (Å²) in [5, 5.41) is 10.7. The average molecular weight is 405 g/mol. The largest absolute Gasteiger partial charge is 0.492 e. The van der Waals surface area contributed by atoms with Crippen molar-refractivity contribution >= 4 is 15.7 Å². The number of nitro groups is 1. The van der Waals surface area contributed by atoms with Crippen LogP contribution in [0.3, 0.4) is 0 Å². The van der Waals surface area contributed by atoms with Crippen molar-refractivity contribution in [1.29, 1.82) is 0 Å². The molecule has 8 nitrogen and oxygen atoms in total. The summed E-state index contributed by atoms with van der Waals surface area (Å²) in [5.74, 6) is 0.833. The summed E-state index contributed by atoms with van der Waals surface area (Å²) in [4.78, 5) is 12.4. The normalized spacial score (nSPS) is 16.0. The maximum atomic E-state index is 12.7. The van der Waals surface area contributed by atoms with Gasteiger partial charge >= 0.3 is 0 Å². The van der Waals surface area contributed by atoms with Crippen LogP contribution in [0.25, 0.3) is 0 Å². The van der Waals surface area contributed by atoms with Gasteiger partial charge in [0.1, 0.15) is 12.4 Å². The molecule has 28 heavy (non-hydrogen) atoms. The predicted molar refractivity (Wildman–Crippen MR) is 105 cm³/mol. The SMILES string of the molecule is Cc1cccc(OCCN2CCN(S(=O)(=O)c3ccc([N+](=O)[O-])cc3)CC2)c1. The Kier molecular flexibility index (Phi) is 6.28. The molecule has 0 spiro atoms. The summed E-state index contributed by atoms with van der Waals surface area (Å²) in [5.41, 5.74) is 1.01. The van der Waals surface area contributed by atoms with E-state index in [1.807, 2.05) is 31.2 Å². The van der Waals surface area contributed by atoms with Crippen molar-refractivity contribution in [3.63, 3.8) is 0 Å². The molecule has 3 rings (SSSR count). The lowest BCUT2D eigenvalue weighted by Gasteiger charge is -2.33. The Balaban J connectivity index is 1.50. The zero-order chi connectivity index (χ0) is 20.1. The number of ether oxygens (including phenoxy) is 1. The first kappa shape index (κ1) is 20.2. The Bertz CT molecular complexity index is 923. The number of nitrogens with zero attached hydrogens (tertiary/aromatic N) is 3. The molecule has 0 unspecified atom stereocenters. The predicted octanol–water partition coefficient (Wildman–Crippen LogP) is 2.29. The number of benzene rings is 2. The van der Waals surface area contributed by atoms with Crippen molar-refractivity contribution in [3.8, 4) is 5.75 Å². The first-order chi connectivity index (χ1) is 13.4. The molecule has 0 aromatic heterocycles. The Hall–Kier alpha value is -2.49. The molecular weight excluding hydrogens is 382 g/mol. The molecule has 0 amide bonds. The van der Waals surface area contributed by atoms with E-state index in [9.17, 15) is 18.5 Å².